The van der Waals surface area contributed by atoms with E-state index in [1.807, 2.05) is 48.6 Å². The fraction of sp³-hybridized carbons (Fsp3) is 0.350. The molecule has 0 radical (unpaired) electrons. The second-order valence-electron chi connectivity index (χ2n) is 6.53. The first-order chi connectivity index (χ1) is 11.4. The first kappa shape index (κ1) is 18.5. The molecule has 0 saturated carbocycles. The van der Waals surface area contributed by atoms with E-state index in [4.69, 9.17) is 11.6 Å². The van der Waals surface area contributed by atoms with Gasteiger partial charge >= 0.3 is 0 Å². The van der Waals surface area contributed by atoms with Gasteiger partial charge in [-0.3, -0.25) is 4.79 Å². The lowest BCUT2D eigenvalue weighted by molar-refractivity contribution is -0.682. The van der Waals surface area contributed by atoms with Crippen molar-refractivity contribution in [2.24, 2.45) is 0 Å². The van der Waals surface area contributed by atoms with Gasteiger partial charge in [-0.15, -0.1) is 0 Å². The molecular weight excluding hydrogens is 320 g/mol. The maximum absolute atomic E-state index is 12.4. The van der Waals surface area contributed by atoms with Crippen LogP contribution < -0.4 is 10.6 Å². The summed E-state index contributed by atoms with van der Waals surface area (Å²) in [7, 11) is 0. The molecule has 0 aliphatic carbocycles. The van der Waals surface area contributed by atoms with Crippen LogP contribution >= 0.6 is 11.6 Å². The van der Waals surface area contributed by atoms with Crippen LogP contribution in [0.3, 0.4) is 0 Å². The van der Waals surface area contributed by atoms with Crippen LogP contribution in [0.1, 0.15) is 49.4 Å². The molecule has 3 nitrogen and oxygen atoms in total. The molecule has 24 heavy (non-hydrogen) atoms. The molecule has 0 fully saturated rings. The highest BCUT2D eigenvalue weighted by molar-refractivity contribution is 6.30. The fourth-order valence-corrected chi connectivity index (χ4v) is 2.94. The number of aryl methyl sites for hydroxylation is 1. The van der Waals surface area contributed by atoms with E-state index in [2.05, 4.69) is 32.2 Å². The van der Waals surface area contributed by atoms with E-state index in [0.717, 1.165) is 21.8 Å². The van der Waals surface area contributed by atoms with Crippen molar-refractivity contribution < 1.29 is 10.1 Å². The van der Waals surface area contributed by atoms with Crippen molar-refractivity contribution in [1.29, 1.82) is 0 Å². The minimum absolute atomic E-state index is 0.0140. The first-order valence-electron chi connectivity index (χ1n) is 8.36. The number of benzene rings is 2. The Hall–Kier alpha value is -1.84. The van der Waals surface area contributed by atoms with Crippen molar-refractivity contribution in [1.82, 2.24) is 0 Å². The summed E-state index contributed by atoms with van der Waals surface area (Å²) in [6.45, 7) is 8.75. The minimum Gasteiger partial charge on any atom is -0.333 e. The molecule has 0 aliphatic heterocycles. The molecule has 0 bridgehead atoms. The zero-order chi connectivity index (χ0) is 17.7. The van der Waals surface area contributed by atoms with E-state index >= 15 is 0 Å². The van der Waals surface area contributed by atoms with E-state index in [1.54, 1.807) is 0 Å². The van der Waals surface area contributed by atoms with Crippen LogP contribution in [-0.2, 0) is 4.79 Å². The predicted octanol–water partition coefficient (Wildman–Crippen LogP) is 4.03. The van der Waals surface area contributed by atoms with Gasteiger partial charge in [-0.25, -0.2) is 0 Å². The van der Waals surface area contributed by atoms with Gasteiger partial charge in [0, 0.05) is 16.3 Å². The van der Waals surface area contributed by atoms with Crippen molar-refractivity contribution in [2.45, 2.75) is 39.7 Å². The number of nitrogens with two attached hydrogens (primary N) is 1. The third-order valence-electron chi connectivity index (χ3n) is 4.22. The Balaban J connectivity index is 1.99. The Labute approximate surface area is 149 Å². The highest BCUT2D eigenvalue weighted by Gasteiger charge is 2.15. The largest absolute Gasteiger partial charge is 0.333 e. The van der Waals surface area contributed by atoms with Gasteiger partial charge in [-0.1, -0.05) is 55.8 Å². The Kier molecular flexibility index (Phi) is 6.41. The zero-order valence-corrected chi connectivity index (χ0v) is 15.5. The first-order valence-corrected chi connectivity index (χ1v) is 8.74. The van der Waals surface area contributed by atoms with Crippen molar-refractivity contribution in [3.8, 4) is 0 Å². The van der Waals surface area contributed by atoms with Crippen molar-refractivity contribution >= 4 is 23.2 Å². The summed E-state index contributed by atoms with van der Waals surface area (Å²) >= 11 is 6.03. The molecule has 4 heteroatoms. The molecule has 0 spiro atoms. The highest BCUT2D eigenvalue weighted by Crippen LogP contribution is 2.27. The molecule has 0 aliphatic rings. The highest BCUT2D eigenvalue weighted by atomic mass is 35.5. The summed E-state index contributed by atoms with van der Waals surface area (Å²) in [5.74, 6) is 0.384. The van der Waals surface area contributed by atoms with Crippen molar-refractivity contribution in [2.75, 3.05) is 11.9 Å². The van der Waals surface area contributed by atoms with Crippen molar-refractivity contribution in [3.05, 3.63) is 64.2 Å². The average molecular weight is 346 g/mol. The van der Waals surface area contributed by atoms with Crippen LogP contribution in [0.4, 0.5) is 5.69 Å². The summed E-state index contributed by atoms with van der Waals surface area (Å²) in [6, 6.07) is 14.1. The summed E-state index contributed by atoms with van der Waals surface area (Å²) in [4.78, 5) is 12.4. The van der Waals surface area contributed by atoms with Gasteiger partial charge in [0.25, 0.3) is 5.91 Å². The molecule has 0 heterocycles. The van der Waals surface area contributed by atoms with Crippen LogP contribution in [0.15, 0.2) is 42.5 Å². The second kappa shape index (κ2) is 8.32. The minimum atomic E-state index is 0.0140. The predicted molar refractivity (Wildman–Crippen MR) is 101 cm³/mol. The molecule has 1 amide bonds. The molecular formula is C20H26ClN2O+. The van der Waals surface area contributed by atoms with Crippen LogP contribution in [0.2, 0.25) is 5.02 Å². The van der Waals surface area contributed by atoms with Gasteiger partial charge in [0.15, 0.2) is 6.54 Å². The smallest absolute Gasteiger partial charge is 0.279 e. The molecule has 0 aromatic heterocycles. The van der Waals surface area contributed by atoms with Gasteiger partial charge in [0.2, 0.25) is 0 Å². The van der Waals surface area contributed by atoms with E-state index in [1.165, 1.54) is 5.56 Å². The average Bonchev–Trinajstić information content (AvgIpc) is 2.54. The number of quaternary nitrogens is 1. The third kappa shape index (κ3) is 4.83. The number of carbonyl (C=O) groups excluding carboxylic acids is 1. The molecule has 0 saturated heterocycles. The maximum Gasteiger partial charge on any atom is 0.279 e. The molecule has 1 atom stereocenters. The number of para-hydroxylation sites is 1. The number of carbonyl (C=O) groups is 1. The molecule has 3 N–H and O–H groups in total. The number of halogens is 1. The van der Waals surface area contributed by atoms with Gasteiger partial charge in [0.05, 0.1) is 0 Å². The fourth-order valence-electron chi connectivity index (χ4n) is 2.74. The van der Waals surface area contributed by atoms with Crippen LogP contribution in [0, 0.1) is 6.92 Å². The van der Waals surface area contributed by atoms with E-state index < -0.39 is 0 Å². The third-order valence-corrected chi connectivity index (χ3v) is 4.46. The Morgan fingerprint density at radius 3 is 2.54 bits per heavy atom. The topological polar surface area (TPSA) is 45.7 Å². The molecule has 2 rings (SSSR count). The lowest BCUT2D eigenvalue weighted by Crippen LogP contribution is -2.86. The number of hydrogen-bond donors (Lipinski definition) is 2. The summed E-state index contributed by atoms with van der Waals surface area (Å²) in [5.41, 5.74) is 4.33. The van der Waals surface area contributed by atoms with E-state index in [0.29, 0.717) is 12.5 Å². The SMILES string of the molecule is Cc1cccc(C(C)C)c1NC(=O)C[NH2+][C@@H](C)c1cccc(Cl)c1. The number of hydrogen-bond acceptors (Lipinski definition) is 1. The Bertz CT molecular complexity index is 713. The quantitative estimate of drug-likeness (QED) is 0.815. The lowest BCUT2D eigenvalue weighted by atomic mass is 9.98. The van der Waals surface area contributed by atoms with E-state index in [-0.39, 0.29) is 11.9 Å². The summed E-state index contributed by atoms with van der Waals surface area (Å²) in [5, 5.41) is 5.83. The monoisotopic (exact) mass is 345 g/mol. The zero-order valence-electron chi connectivity index (χ0n) is 14.8. The summed E-state index contributed by atoms with van der Waals surface area (Å²) < 4.78 is 0. The Morgan fingerprint density at radius 1 is 1.17 bits per heavy atom. The normalized spacial score (nSPS) is 12.2. The summed E-state index contributed by atoms with van der Waals surface area (Å²) in [6.07, 6.45) is 0. The van der Waals surface area contributed by atoms with Crippen LogP contribution in [0.5, 0.6) is 0 Å². The molecule has 2 aromatic rings. The van der Waals surface area contributed by atoms with Crippen LogP contribution in [0.25, 0.3) is 0 Å². The second-order valence-corrected chi connectivity index (χ2v) is 6.96. The van der Waals surface area contributed by atoms with E-state index in [9.17, 15) is 4.79 Å². The van der Waals surface area contributed by atoms with Crippen molar-refractivity contribution in [3.63, 3.8) is 0 Å². The molecule has 0 unspecified atom stereocenters. The maximum atomic E-state index is 12.4. The molecule has 128 valence electrons. The Morgan fingerprint density at radius 2 is 1.88 bits per heavy atom. The van der Waals surface area contributed by atoms with Gasteiger partial charge in [-0.05, 0) is 43.0 Å². The van der Waals surface area contributed by atoms with Gasteiger partial charge in [0.1, 0.15) is 6.04 Å². The lowest BCUT2D eigenvalue weighted by Gasteiger charge is -2.17. The van der Waals surface area contributed by atoms with Gasteiger partial charge < -0.3 is 10.6 Å². The number of rotatable bonds is 6. The number of amides is 1. The standard InChI is InChI=1S/C20H25ClN2O/c1-13(2)18-10-5-7-14(3)20(18)23-19(24)12-22-15(4)16-8-6-9-17(21)11-16/h5-11,13,15,22H,12H2,1-4H3,(H,23,24)/p+1/t15-/m0/s1. The van der Waals surface area contributed by atoms with Gasteiger partial charge in [-0.2, -0.15) is 0 Å². The molecule has 2 aromatic carbocycles. The number of nitrogens with one attached hydrogen (secondary N) is 1. The van der Waals surface area contributed by atoms with Crippen LogP contribution in [-0.4, -0.2) is 12.5 Å². The number of anilines is 1.